The summed E-state index contributed by atoms with van der Waals surface area (Å²) in [6.45, 7) is 2.80. The molecule has 1 aliphatic carbocycles. The Kier molecular flexibility index (Phi) is 5.99. The predicted molar refractivity (Wildman–Crippen MR) is 83.2 cm³/mol. The van der Waals surface area contributed by atoms with Crippen LogP contribution < -0.4 is 15.8 Å². The number of ether oxygens (including phenoxy) is 1. The molecular weight excluding hydrogens is 266 g/mol. The maximum absolute atomic E-state index is 11.9. The lowest BCUT2D eigenvalue weighted by Crippen LogP contribution is -2.27. The normalized spacial score (nSPS) is 17.2. The number of hydrogen-bond donors (Lipinski definition) is 2. The minimum absolute atomic E-state index is 0.126. The molecule has 21 heavy (non-hydrogen) atoms. The summed E-state index contributed by atoms with van der Waals surface area (Å²) in [5.41, 5.74) is 5.51. The van der Waals surface area contributed by atoms with Crippen molar-refractivity contribution in [1.82, 2.24) is 4.98 Å². The van der Waals surface area contributed by atoms with Gasteiger partial charge in [-0.3, -0.25) is 4.79 Å². The van der Waals surface area contributed by atoms with Gasteiger partial charge >= 0.3 is 0 Å². The summed E-state index contributed by atoms with van der Waals surface area (Å²) in [7, 11) is 0. The number of carbonyl (C=O) groups is 1. The summed E-state index contributed by atoms with van der Waals surface area (Å²) in [5.74, 6) is 1.38. The summed E-state index contributed by atoms with van der Waals surface area (Å²) in [4.78, 5) is 16.1. The predicted octanol–water partition coefficient (Wildman–Crippen LogP) is 2.57. The molecular formula is C16H25N3O2. The van der Waals surface area contributed by atoms with Gasteiger partial charge < -0.3 is 15.8 Å². The van der Waals surface area contributed by atoms with Crippen LogP contribution in [0.1, 0.15) is 39.0 Å². The molecule has 0 aliphatic heterocycles. The highest BCUT2D eigenvalue weighted by Gasteiger charge is 2.17. The van der Waals surface area contributed by atoms with Crippen LogP contribution >= 0.6 is 0 Å². The highest BCUT2D eigenvalue weighted by molar-refractivity contribution is 5.92. The largest absolute Gasteiger partial charge is 0.489 e. The number of nitrogens with two attached hydrogens (primary N) is 1. The molecule has 2 rings (SSSR count). The van der Waals surface area contributed by atoms with E-state index in [1.165, 1.54) is 32.1 Å². The molecule has 1 heterocycles. The molecule has 5 nitrogen and oxygen atoms in total. The summed E-state index contributed by atoms with van der Waals surface area (Å²) in [6, 6.07) is 3.66. The maximum Gasteiger partial charge on any atom is 0.229 e. The second kappa shape index (κ2) is 7.98. The third-order valence-corrected chi connectivity index (χ3v) is 4.01. The lowest BCUT2D eigenvalue weighted by atomic mass is 9.90. The van der Waals surface area contributed by atoms with Crippen LogP contribution in [0.2, 0.25) is 0 Å². The third kappa shape index (κ3) is 4.70. The van der Waals surface area contributed by atoms with Gasteiger partial charge in [0, 0.05) is 18.7 Å². The number of nitrogens with one attached hydrogen (secondary N) is 1. The molecule has 0 aromatic carbocycles. The van der Waals surface area contributed by atoms with Crippen LogP contribution in [-0.4, -0.2) is 24.0 Å². The van der Waals surface area contributed by atoms with Crippen LogP contribution in [-0.2, 0) is 4.79 Å². The third-order valence-electron chi connectivity index (χ3n) is 4.01. The smallest absolute Gasteiger partial charge is 0.229 e. The molecule has 1 amide bonds. The Balaban J connectivity index is 1.94. The van der Waals surface area contributed by atoms with E-state index in [0.29, 0.717) is 30.6 Å². The van der Waals surface area contributed by atoms with Gasteiger partial charge in [-0.15, -0.1) is 0 Å². The maximum atomic E-state index is 11.9. The Morgan fingerprint density at radius 1 is 1.48 bits per heavy atom. The topological polar surface area (TPSA) is 77.2 Å². The van der Waals surface area contributed by atoms with E-state index in [2.05, 4.69) is 10.3 Å². The molecule has 1 atom stereocenters. The number of nitrogens with zero attached hydrogens (tertiary/aromatic N) is 1. The van der Waals surface area contributed by atoms with Crippen molar-refractivity contribution in [1.29, 1.82) is 0 Å². The minimum atomic E-state index is -0.238. The van der Waals surface area contributed by atoms with Crippen LogP contribution in [0.5, 0.6) is 5.75 Å². The first-order valence-corrected chi connectivity index (χ1v) is 7.79. The molecule has 3 N–H and O–H groups in total. The zero-order valence-electron chi connectivity index (χ0n) is 12.7. The molecule has 1 saturated carbocycles. The quantitative estimate of drug-likeness (QED) is 0.844. The van der Waals surface area contributed by atoms with Gasteiger partial charge in [0.2, 0.25) is 5.91 Å². The van der Waals surface area contributed by atoms with Gasteiger partial charge in [-0.05, 0) is 30.9 Å². The van der Waals surface area contributed by atoms with Crippen LogP contribution in [0.25, 0.3) is 0 Å². The second-order valence-electron chi connectivity index (χ2n) is 5.79. The van der Waals surface area contributed by atoms with E-state index < -0.39 is 0 Å². The molecule has 116 valence electrons. The van der Waals surface area contributed by atoms with Crippen molar-refractivity contribution >= 4 is 11.7 Å². The average molecular weight is 291 g/mol. The van der Waals surface area contributed by atoms with Crippen LogP contribution in [0.15, 0.2) is 18.3 Å². The SMILES string of the molecule is CC(CN)C(=O)Nc1ncccc1OCC1CCCCC1. The van der Waals surface area contributed by atoms with Gasteiger partial charge in [0.15, 0.2) is 11.6 Å². The summed E-state index contributed by atoms with van der Waals surface area (Å²) in [5, 5.41) is 2.79. The fraction of sp³-hybridized carbons (Fsp3) is 0.625. The standard InChI is InChI=1S/C16H25N3O2/c1-12(10-17)16(20)19-15-14(8-5-9-18-15)21-11-13-6-3-2-4-7-13/h5,8-9,12-13H,2-4,6-7,10-11,17H2,1H3,(H,18,19,20). The molecule has 0 spiro atoms. The zero-order valence-corrected chi connectivity index (χ0v) is 12.7. The number of anilines is 1. The van der Waals surface area contributed by atoms with Gasteiger partial charge in [0.25, 0.3) is 0 Å². The summed E-state index contributed by atoms with van der Waals surface area (Å²) >= 11 is 0. The Hall–Kier alpha value is -1.62. The van der Waals surface area contributed by atoms with Gasteiger partial charge in [-0.1, -0.05) is 26.2 Å². The average Bonchev–Trinajstić information content (AvgIpc) is 2.54. The molecule has 1 aromatic rings. The van der Waals surface area contributed by atoms with Gasteiger partial charge in [0.1, 0.15) is 0 Å². The van der Waals surface area contributed by atoms with Crippen LogP contribution in [0.3, 0.4) is 0 Å². The molecule has 1 fully saturated rings. The molecule has 0 bridgehead atoms. The van der Waals surface area contributed by atoms with E-state index in [0.717, 1.165) is 0 Å². The zero-order chi connectivity index (χ0) is 15.1. The fourth-order valence-electron chi connectivity index (χ4n) is 2.51. The molecule has 0 radical (unpaired) electrons. The van der Waals surface area contributed by atoms with Crippen molar-refractivity contribution < 1.29 is 9.53 Å². The van der Waals surface area contributed by atoms with Gasteiger partial charge in [-0.25, -0.2) is 4.98 Å². The van der Waals surface area contributed by atoms with E-state index >= 15 is 0 Å². The number of pyridine rings is 1. The van der Waals surface area contributed by atoms with E-state index in [4.69, 9.17) is 10.5 Å². The molecule has 0 saturated heterocycles. The first kappa shape index (κ1) is 15.8. The Bertz CT molecular complexity index is 459. The van der Waals surface area contributed by atoms with Gasteiger partial charge in [-0.2, -0.15) is 0 Å². The highest BCUT2D eigenvalue weighted by atomic mass is 16.5. The summed E-state index contributed by atoms with van der Waals surface area (Å²) in [6.07, 6.45) is 8.02. The monoisotopic (exact) mass is 291 g/mol. The van der Waals surface area contributed by atoms with E-state index in [9.17, 15) is 4.79 Å². The second-order valence-corrected chi connectivity index (χ2v) is 5.79. The van der Waals surface area contributed by atoms with Crippen molar-refractivity contribution in [2.75, 3.05) is 18.5 Å². The number of aromatic nitrogens is 1. The lowest BCUT2D eigenvalue weighted by Gasteiger charge is -2.22. The van der Waals surface area contributed by atoms with Crippen molar-refractivity contribution in [2.45, 2.75) is 39.0 Å². The molecule has 1 aliphatic rings. The number of carbonyl (C=O) groups excluding carboxylic acids is 1. The summed E-state index contributed by atoms with van der Waals surface area (Å²) < 4.78 is 5.88. The van der Waals surface area contributed by atoms with Crippen molar-refractivity contribution in [3.05, 3.63) is 18.3 Å². The van der Waals surface area contributed by atoms with Crippen LogP contribution in [0, 0.1) is 11.8 Å². The van der Waals surface area contributed by atoms with Crippen molar-refractivity contribution in [2.24, 2.45) is 17.6 Å². The fourth-order valence-corrected chi connectivity index (χ4v) is 2.51. The highest BCUT2D eigenvalue weighted by Crippen LogP contribution is 2.27. The Morgan fingerprint density at radius 2 is 2.24 bits per heavy atom. The van der Waals surface area contributed by atoms with Crippen LogP contribution in [0.4, 0.5) is 5.82 Å². The first-order valence-electron chi connectivity index (χ1n) is 7.79. The van der Waals surface area contributed by atoms with Crippen molar-refractivity contribution in [3.8, 4) is 5.75 Å². The Morgan fingerprint density at radius 3 is 2.95 bits per heavy atom. The number of rotatable bonds is 6. The first-order chi connectivity index (χ1) is 10.2. The molecule has 1 unspecified atom stereocenters. The number of amides is 1. The minimum Gasteiger partial charge on any atom is -0.489 e. The van der Waals surface area contributed by atoms with E-state index in [1.807, 2.05) is 12.1 Å². The van der Waals surface area contributed by atoms with Gasteiger partial charge in [0.05, 0.1) is 6.61 Å². The molecule has 1 aromatic heterocycles. The lowest BCUT2D eigenvalue weighted by molar-refractivity contribution is -0.119. The number of hydrogen-bond acceptors (Lipinski definition) is 4. The molecule has 5 heteroatoms. The van der Waals surface area contributed by atoms with Crippen molar-refractivity contribution in [3.63, 3.8) is 0 Å². The van der Waals surface area contributed by atoms with E-state index in [-0.39, 0.29) is 11.8 Å². The van der Waals surface area contributed by atoms with E-state index in [1.54, 1.807) is 13.1 Å². The Labute approximate surface area is 126 Å².